The molecule has 2 aromatic rings. The molecule has 0 N–H and O–H groups in total. The van der Waals surface area contributed by atoms with Crippen molar-refractivity contribution in [1.29, 1.82) is 0 Å². The fourth-order valence-corrected chi connectivity index (χ4v) is 3.43. The Kier molecular flexibility index (Phi) is 4.22. The summed E-state index contributed by atoms with van der Waals surface area (Å²) in [5, 5.41) is 0. The minimum Gasteiger partial charge on any atom is -0.309 e. The van der Waals surface area contributed by atoms with Gasteiger partial charge in [0, 0.05) is 24.8 Å². The van der Waals surface area contributed by atoms with E-state index in [9.17, 15) is 0 Å². The molecule has 0 radical (unpaired) electrons. The molecular weight excluding hydrogens is 276 g/mol. The first-order chi connectivity index (χ1) is 7.77. The predicted octanol–water partition coefficient (Wildman–Crippen LogP) is 3.64. The third-order valence-electron chi connectivity index (χ3n) is 1.81. The molecule has 0 aliphatic rings. The van der Waals surface area contributed by atoms with Crippen LogP contribution in [-0.2, 0) is 0 Å². The van der Waals surface area contributed by atoms with Crippen LogP contribution in [0.2, 0.25) is 0 Å². The van der Waals surface area contributed by atoms with Crippen molar-refractivity contribution in [1.82, 2.24) is 9.13 Å². The van der Waals surface area contributed by atoms with Gasteiger partial charge in [0.05, 0.1) is 0 Å². The Morgan fingerprint density at radius 2 is 1.00 bits per heavy atom. The Hall–Kier alpha value is -0.560. The van der Waals surface area contributed by atoms with Gasteiger partial charge in [-0.15, -0.1) is 0 Å². The maximum Gasteiger partial charge on any atom is 0.155 e. The summed E-state index contributed by atoms with van der Waals surface area (Å²) in [4.78, 5) is 0. The third-order valence-corrected chi connectivity index (χ3v) is 5.36. The molecule has 0 unspecified atom stereocenters. The quantitative estimate of drug-likeness (QED) is 0.539. The van der Waals surface area contributed by atoms with Crippen LogP contribution in [0.5, 0.6) is 0 Å². The monoisotopic (exact) mass is 284 g/mol. The lowest BCUT2D eigenvalue weighted by Gasteiger charge is -2.05. The lowest BCUT2D eigenvalue weighted by atomic mass is 10.7. The third kappa shape index (κ3) is 2.98. The highest BCUT2D eigenvalue weighted by Gasteiger charge is 2.04. The second-order valence-electron chi connectivity index (χ2n) is 2.88. The summed E-state index contributed by atoms with van der Waals surface area (Å²) in [7, 11) is 2.98. The average Bonchev–Trinajstić information content (AvgIpc) is 2.95. The normalized spacial score (nSPS) is 10.2. The van der Waals surface area contributed by atoms with Gasteiger partial charge in [0.2, 0.25) is 0 Å². The molecule has 0 saturated carbocycles. The second kappa shape index (κ2) is 5.67. The molecule has 0 atom stereocenters. The number of nitrogens with zero attached hydrogens (tertiary/aromatic N) is 2. The molecule has 0 saturated heterocycles. The first kappa shape index (κ1) is 11.9. The van der Waals surface area contributed by atoms with E-state index in [-0.39, 0.29) is 0 Å². The predicted molar refractivity (Wildman–Crippen MR) is 80.0 cm³/mol. The minimum absolute atomic E-state index is 0.782. The Balaban J connectivity index is 1.89. The smallest absolute Gasteiger partial charge is 0.155 e. The molecule has 0 aliphatic carbocycles. The highest BCUT2D eigenvalue weighted by molar-refractivity contribution is 8.89. The summed E-state index contributed by atoms with van der Waals surface area (Å²) in [6.07, 6.45) is 7.70. The number of rotatable bonds is 0. The largest absolute Gasteiger partial charge is 0.309 e. The SMILES string of the molecule is S=C(SSC(=S)n1cccc1)n1cccc1. The molecule has 2 heterocycles. The molecule has 16 heavy (non-hydrogen) atoms. The fourth-order valence-electron chi connectivity index (χ4n) is 1.07. The summed E-state index contributed by atoms with van der Waals surface area (Å²) in [5.74, 6) is 0. The molecule has 2 aromatic heterocycles. The molecule has 0 fully saturated rings. The molecule has 0 spiro atoms. The first-order valence-electron chi connectivity index (χ1n) is 4.46. The van der Waals surface area contributed by atoms with Gasteiger partial charge in [-0.3, -0.25) is 0 Å². The molecule has 0 aromatic carbocycles. The van der Waals surface area contributed by atoms with E-state index in [1.165, 1.54) is 21.6 Å². The van der Waals surface area contributed by atoms with Crippen LogP contribution in [0.4, 0.5) is 0 Å². The Bertz CT molecular complexity index is 427. The maximum absolute atomic E-state index is 5.26. The summed E-state index contributed by atoms with van der Waals surface area (Å²) >= 11 is 10.5. The molecule has 0 bridgehead atoms. The highest BCUT2D eigenvalue weighted by atomic mass is 33.1. The number of thiocarbonyl (C=S) groups is 2. The van der Waals surface area contributed by atoms with Crippen LogP contribution in [0.3, 0.4) is 0 Å². The highest BCUT2D eigenvalue weighted by Crippen LogP contribution is 2.26. The minimum atomic E-state index is 0.782. The van der Waals surface area contributed by atoms with Crippen molar-refractivity contribution in [3.63, 3.8) is 0 Å². The van der Waals surface area contributed by atoms with Crippen LogP contribution >= 0.6 is 46.0 Å². The van der Waals surface area contributed by atoms with Gasteiger partial charge in [-0.05, 0) is 45.9 Å². The Morgan fingerprint density at radius 1 is 0.688 bits per heavy atom. The van der Waals surface area contributed by atoms with Gasteiger partial charge in [0.25, 0.3) is 0 Å². The van der Waals surface area contributed by atoms with Crippen LogP contribution in [0.1, 0.15) is 0 Å². The van der Waals surface area contributed by atoms with E-state index in [0.29, 0.717) is 0 Å². The van der Waals surface area contributed by atoms with Crippen molar-refractivity contribution in [3.8, 4) is 0 Å². The number of hydrogen-bond acceptors (Lipinski definition) is 4. The van der Waals surface area contributed by atoms with Crippen LogP contribution in [0, 0.1) is 0 Å². The maximum atomic E-state index is 5.26. The Morgan fingerprint density at radius 3 is 1.31 bits per heavy atom. The van der Waals surface area contributed by atoms with Crippen molar-refractivity contribution >= 4 is 54.7 Å². The molecule has 6 heteroatoms. The lowest BCUT2D eigenvalue weighted by Crippen LogP contribution is -2.03. The van der Waals surface area contributed by atoms with E-state index in [2.05, 4.69) is 0 Å². The van der Waals surface area contributed by atoms with Crippen molar-refractivity contribution in [3.05, 3.63) is 49.1 Å². The van der Waals surface area contributed by atoms with Crippen LogP contribution in [-0.4, -0.2) is 17.8 Å². The zero-order chi connectivity index (χ0) is 11.4. The summed E-state index contributed by atoms with van der Waals surface area (Å²) in [6.45, 7) is 0. The standard InChI is InChI=1S/C10H8N2S4/c13-9(11-5-1-2-6-11)15-16-10(14)12-7-3-4-8-12/h1-8H. The van der Waals surface area contributed by atoms with Crippen molar-refractivity contribution in [2.45, 2.75) is 0 Å². The molecule has 2 rings (SSSR count). The van der Waals surface area contributed by atoms with Crippen molar-refractivity contribution in [2.75, 3.05) is 0 Å². The van der Waals surface area contributed by atoms with E-state index in [1.54, 1.807) is 0 Å². The van der Waals surface area contributed by atoms with Crippen LogP contribution < -0.4 is 0 Å². The zero-order valence-corrected chi connectivity index (χ0v) is 11.4. The van der Waals surface area contributed by atoms with Crippen LogP contribution in [0.25, 0.3) is 0 Å². The van der Waals surface area contributed by atoms with E-state index >= 15 is 0 Å². The topological polar surface area (TPSA) is 9.86 Å². The molecule has 2 nitrogen and oxygen atoms in total. The van der Waals surface area contributed by atoms with Crippen LogP contribution in [0.15, 0.2) is 49.1 Å². The molecular formula is C10H8N2S4. The van der Waals surface area contributed by atoms with E-state index in [0.717, 1.165) is 8.64 Å². The van der Waals surface area contributed by atoms with Gasteiger partial charge < -0.3 is 9.13 Å². The molecule has 0 aliphatic heterocycles. The van der Waals surface area contributed by atoms with E-state index in [4.69, 9.17) is 24.4 Å². The van der Waals surface area contributed by atoms with Gasteiger partial charge in [-0.2, -0.15) is 0 Å². The van der Waals surface area contributed by atoms with E-state index in [1.807, 2.05) is 58.2 Å². The lowest BCUT2D eigenvalue weighted by molar-refractivity contribution is 1.22. The van der Waals surface area contributed by atoms with Gasteiger partial charge in [0.1, 0.15) is 0 Å². The molecule has 82 valence electrons. The fraction of sp³-hybridized carbons (Fsp3) is 0. The Labute approximate surface area is 112 Å². The second-order valence-corrected chi connectivity index (χ2v) is 6.28. The van der Waals surface area contributed by atoms with Gasteiger partial charge in [-0.25, -0.2) is 0 Å². The van der Waals surface area contributed by atoms with Gasteiger partial charge >= 0.3 is 0 Å². The first-order valence-corrected chi connectivity index (χ1v) is 7.43. The summed E-state index contributed by atoms with van der Waals surface area (Å²) in [6, 6.07) is 7.78. The summed E-state index contributed by atoms with van der Waals surface area (Å²) in [5.41, 5.74) is 0. The zero-order valence-electron chi connectivity index (χ0n) is 8.15. The average molecular weight is 284 g/mol. The van der Waals surface area contributed by atoms with Crippen molar-refractivity contribution < 1.29 is 0 Å². The number of aromatic nitrogens is 2. The van der Waals surface area contributed by atoms with Gasteiger partial charge in [0.15, 0.2) is 8.64 Å². The van der Waals surface area contributed by atoms with E-state index < -0.39 is 0 Å². The van der Waals surface area contributed by atoms with Crippen molar-refractivity contribution in [2.24, 2.45) is 0 Å². The van der Waals surface area contributed by atoms with Gasteiger partial charge in [-0.1, -0.05) is 24.4 Å². The molecule has 0 amide bonds. The summed E-state index contributed by atoms with van der Waals surface area (Å²) < 4.78 is 5.35. The number of hydrogen-bond donors (Lipinski definition) is 0.